The number of rotatable bonds is 9. The number of hydrogen-bond donors (Lipinski definition) is 2. The summed E-state index contributed by atoms with van der Waals surface area (Å²) in [6.07, 6.45) is 7.06. The van der Waals surface area contributed by atoms with Gasteiger partial charge in [0.2, 0.25) is 17.7 Å². The molecule has 0 saturated heterocycles. The molecule has 2 aromatic heterocycles. The summed E-state index contributed by atoms with van der Waals surface area (Å²) in [6.45, 7) is 3.65. The van der Waals surface area contributed by atoms with E-state index in [2.05, 4.69) is 20.8 Å². The molecule has 1 aromatic carbocycles. The Balaban J connectivity index is 1.60. The first kappa shape index (κ1) is 25.1. The number of carbonyl (C=O) groups is 3. The molecule has 188 valence electrons. The Morgan fingerprint density at radius 3 is 2.56 bits per heavy atom. The largest absolute Gasteiger partial charge is 0.360 e. The minimum Gasteiger partial charge on any atom is -0.360 e. The lowest BCUT2D eigenvalue weighted by Crippen LogP contribution is -2.46. The molecule has 1 aliphatic carbocycles. The van der Waals surface area contributed by atoms with Crippen molar-refractivity contribution in [2.75, 3.05) is 10.2 Å². The first-order valence-electron chi connectivity index (χ1n) is 12.2. The number of benzene rings is 1. The summed E-state index contributed by atoms with van der Waals surface area (Å²) >= 11 is 0. The van der Waals surface area contributed by atoms with Crippen LogP contribution in [-0.4, -0.2) is 33.9 Å². The summed E-state index contributed by atoms with van der Waals surface area (Å²) in [5.74, 6) is -0.104. The van der Waals surface area contributed by atoms with Crippen LogP contribution >= 0.6 is 0 Å². The number of aromatic nitrogens is 2. The lowest BCUT2D eigenvalue weighted by Gasteiger charge is -2.32. The number of nitrogens with zero attached hydrogens (tertiary/aromatic N) is 3. The maximum Gasteiger partial charge on any atom is 0.248 e. The average Bonchev–Trinajstić information content (AvgIpc) is 3.52. The highest BCUT2D eigenvalue weighted by atomic mass is 16.5. The summed E-state index contributed by atoms with van der Waals surface area (Å²) in [5, 5.41) is 9.53. The van der Waals surface area contributed by atoms with E-state index in [1.165, 1.54) is 4.90 Å². The van der Waals surface area contributed by atoms with Crippen LogP contribution in [0.5, 0.6) is 0 Å². The van der Waals surface area contributed by atoms with E-state index < -0.39 is 6.04 Å². The Morgan fingerprint density at radius 1 is 1.08 bits per heavy atom. The molecule has 2 heterocycles. The van der Waals surface area contributed by atoms with Crippen LogP contribution in [0.2, 0.25) is 0 Å². The smallest absolute Gasteiger partial charge is 0.248 e. The van der Waals surface area contributed by atoms with Gasteiger partial charge in [0.25, 0.3) is 0 Å². The molecule has 1 atom stereocenters. The van der Waals surface area contributed by atoms with E-state index in [1.807, 2.05) is 25.1 Å². The van der Waals surface area contributed by atoms with Crippen LogP contribution < -0.4 is 15.5 Å². The van der Waals surface area contributed by atoms with Crippen molar-refractivity contribution in [2.45, 2.75) is 64.5 Å². The predicted molar refractivity (Wildman–Crippen MR) is 135 cm³/mol. The fourth-order valence-electron chi connectivity index (χ4n) is 4.49. The van der Waals surface area contributed by atoms with Gasteiger partial charge in [0.05, 0.1) is 0 Å². The molecule has 4 rings (SSSR count). The fraction of sp³-hybridized carbons (Fsp3) is 0.370. The molecule has 9 heteroatoms. The predicted octanol–water partition coefficient (Wildman–Crippen LogP) is 4.24. The van der Waals surface area contributed by atoms with E-state index in [0.29, 0.717) is 22.8 Å². The third-order valence-corrected chi connectivity index (χ3v) is 6.22. The van der Waals surface area contributed by atoms with Crippen molar-refractivity contribution in [3.05, 3.63) is 71.7 Å². The van der Waals surface area contributed by atoms with Gasteiger partial charge >= 0.3 is 0 Å². The molecule has 0 radical (unpaired) electrons. The highest BCUT2D eigenvalue weighted by Gasteiger charge is 2.34. The van der Waals surface area contributed by atoms with Crippen LogP contribution in [0.25, 0.3) is 0 Å². The molecule has 3 amide bonds. The molecule has 1 aliphatic rings. The summed E-state index contributed by atoms with van der Waals surface area (Å²) in [7, 11) is 0. The lowest BCUT2D eigenvalue weighted by atomic mass is 10.0. The van der Waals surface area contributed by atoms with Crippen molar-refractivity contribution in [3.8, 4) is 0 Å². The molecule has 2 N–H and O–H groups in total. The maximum atomic E-state index is 13.7. The SMILES string of the molecule is Cc1cccc(N(C(=O)CCC(=O)Nc2cc(C)on2)[C@@H](C(=O)NC2CCCC2)c2cccnc2)c1. The first-order chi connectivity index (χ1) is 17.4. The standard InChI is InChI=1S/C27H31N5O4/c1-18-7-5-11-22(15-18)32(25(34)13-12-24(33)30-23-16-19(2)36-31-23)26(20-8-6-14-28-17-20)27(35)29-21-9-3-4-10-21/h5-8,11,14-17,21,26H,3-4,9-10,12-13H2,1-2H3,(H,29,35)(H,30,31,33)/t26-/m1/s1. The van der Waals surface area contributed by atoms with Gasteiger partial charge in [-0.05, 0) is 50.5 Å². The Bertz CT molecular complexity index is 1200. The molecule has 9 nitrogen and oxygen atoms in total. The summed E-state index contributed by atoms with van der Waals surface area (Å²) in [6, 6.07) is 11.7. The van der Waals surface area contributed by atoms with Crippen molar-refractivity contribution in [1.82, 2.24) is 15.5 Å². The van der Waals surface area contributed by atoms with Crippen molar-refractivity contribution in [2.24, 2.45) is 0 Å². The van der Waals surface area contributed by atoms with Gasteiger partial charge < -0.3 is 15.2 Å². The maximum absolute atomic E-state index is 13.7. The molecule has 1 fully saturated rings. The van der Waals surface area contributed by atoms with E-state index in [-0.39, 0.29) is 36.6 Å². The fourth-order valence-corrected chi connectivity index (χ4v) is 4.49. The third kappa shape index (κ3) is 6.35. The summed E-state index contributed by atoms with van der Waals surface area (Å²) in [5.41, 5.74) is 2.14. The molecule has 36 heavy (non-hydrogen) atoms. The molecule has 0 aliphatic heterocycles. The van der Waals surface area contributed by atoms with Gasteiger partial charge in [-0.2, -0.15) is 0 Å². The van der Waals surface area contributed by atoms with Crippen LogP contribution in [0.15, 0.2) is 59.4 Å². The number of hydrogen-bond acceptors (Lipinski definition) is 6. The Kier molecular flexibility index (Phi) is 8.10. The number of aryl methyl sites for hydroxylation is 2. The number of pyridine rings is 1. The number of amides is 3. The van der Waals surface area contributed by atoms with Crippen LogP contribution in [0.1, 0.15) is 61.5 Å². The third-order valence-electron chi connectivity index (χ3n) is 6.22. The summed E-state index contributed by atoms with van der Waals surface area (Å²) in [4.78, 5) is 45.5. The molecule has 0 spiro atoms. The molecule has 0 unspecified atom stereocenters. The molecular formula is C27H31N5O4. The van der Waals surface area contributed by atoms with E-state index in [9.17, 15) is 14.4 Å². The van der Waals surface area contributed by atoms with Gasteiger partial charge in [0, 0.05) is 48.6 Å². The molecule has 3 aromatic rings. The lowest BCUT2D eigenvalue weighted by molar-refractivity contribution is -0.127. The van der Waals surface area contributed by atoms with Gasteiger partial charge in [-0.3, -0.25) is 24.3 Å². The first-order valence-corrected chi connectivity index (χ1v) is 12.2. The van der Waals surface area contributed by atoms with E-state index in [0.717, 1.165) is 31.2 Å². The second-order valence-electron chi connectivity index (χ2n) is 9.15. The Hall–Kier alpha value is -4.01. The van der Waals surface area contributed by atoms with Gasteiger partial charge in [-0.1, -0.05) is 36.2 Å². The van der Waals surface area contributed by atoms with Gasteiger partial charge in [-0.15, -0.1) is 0 Å². The van der Waals surface area contributed by atoms with E-state index >= 15 is 0 Å². The van der Waals surface area contributed by atoms with Crippen molar-refractivity contribution in [1.29, 1.82) is 0 Å². The number of nitrogens with one attached hydrogen (secondary N) is 2. The van der Waals surface area contributed by atoms with Gasteiger partial charge in [0.15, 0.2) is 5.82 Å². The van der Waals surface area contributed by atoms with Crippen molar-refractivity contribution < 1.29 is 18.9 Å². The van der Waals surface area contributed by atoms with Crippen molar-refractivity contribution >= 4 is 29.2 Å². The Morgan fingerprint density at radius 2 is 1.89 bits per heavy atom. The molecular weight excluding hydrogens is 458 g/mol. The topological polar surface area (TPSA) is 117 Å². The van der Waals surface area contributed by atoms with Crippen molar-refractivity contribution in [3.63, 3.8) is 0 Å². The minimum absolute atomic E-state index is 0.0724. The second kappa shape index (κ2) is 11.6. The zero-order valence-electron chi connectivity index (χ0n) is 20.6. The Labute approximate surface area is 210 Å². The minimum atomic E-state index is -0.921. The van der Waals surface area contributed by atoms with Crippen LogP contribution in [-0.2, 0) is 14.4 Å². The van der Waals surface area contributed by atoms with Gasteiger partial charge in [-0.25, -0.2) is 0 Å². The zero-order chi connectivity index (χ0) is 25.5. The molecule has 1 saturated carbocycles. The van der Waals surface area contributed by atoms with E-state index in [1.54, 1.807) is 43.6 Å². The normalized spacial score (nSPS) is 14.3. The monoisotopic (exact) mass is 489 g/mol. The van der Waals surface area contributed by atoms with E-state index in [4.69, 9.17) is 4.52 Å². The van der Waals surface area contributed by atoms with Gasteiger partial charge in [0.1, 0.15) is 11.8 Å². The van der Waals surface area contributed by atoms with Crippen LogP contribution in [0, 0.1) is 13.8 Å². The van der Waals surface area contributed by atoms with Crippen LogP contribution in [0.3, 0.4) is 0 Å². The van der Waals surface area contributed by atoms with Crippen LogP contribution in [0.4, 0.5) is 11.5 Å². The number of carbonyl (C=O) groups excluding carboxylic acids is 3. The summed E-state index contributed by atoms with van der Waals surface area (Å²) < 4.78 is 4.97. The second-order valence-corrected chi connectivity index (χ2v) is 9.15. The quantitative estimate of drug-likeness (QED) is 0.464. The highest BCUT2D eigenvalue weighted by molar-refractivity contribution is 6.03. The zero-order valence-corrected chi connectivity index (χ0v) is 20.6. The highest BCUT2D eigenvalue weighted by Crippen LogP contribution is 2.30. The number of anilines is 2. The average molecular weight is 490 g/mol. The molecule has 0 bridgehead atoms.